The van der Waals surface area contributed by atoms with Crippen LogP contribution in [0.2, 0.25) is 5.02 Å². The minimum absolute atomic E-state index is 0.00177. The lowest BCUT2D eigenvalue weighted by molar-refractivity contribution is -0.142. The number of sulfonamides is 1. The average molecular weight is 652 g/mol. The van der Waals surface area contributed by atoms with Gasteiger partial charge >= 0.3 is 6.18 Å². The third-order valence-electron chi connectivity index (χ3n) is 6.65. The molecule has 3 aromatic rings. The molecule has 0 heterocycles. The van der Waals surface area contributed by atoms with Crippen molar-refractivity contribution in [2.24, 2.45) is 0 Å². The summed E-state index contributed by atoms with van der Waals surface area (Å²) in [5.41, 5.74) is -0.154. The minimum Gasteiger partial charge on any atom is -0.350 e. The van der Waals surface area contributed by atoms with E-state index in [0.29, 0.717) is 5.02 Å². The molecule has 2 amide bonds. The predicted molar refractivity (Wildman–Crippen MR) is 167 cm³/mol. The van der Waals surface area contributed by atoms with E-state index in [1.165, 1.54) is 11.0 Å². The highest BCUT2D eigenvalue weighted by molar-refractivity contribution is 7.92. The Morgan fingerprint density at radius 2 is 1.55 bits per heavy atom. The number of anilines is 1. The van der Waals surface area contributed by atoms with Crippen LogP contribution < -0.4 is 9.62 Å². The molecule has 238 valence electrons. The molecule has 12 heteroatoms. The van der Waals surface area contributed by atoms with Gasteiger partial charge in [-0.3, -0.25) is 13.9 Å². The summed E-state index contributed by atoms with van der Waals surface area (Å²) in [6.45, 7) is 5.35. The standard InChI is InChI=1S/C32H37ClF3N3O4S/c1-31(2,3)37-30(41)28(20-23-10-6-5-7-11-23)38(22-24-15-17-26(33)18-16-24)29(40)14-9-19-39(44(4,42)43)27-13-8-12-25(21-27)32(34,35)36/h5-8,10-13,15-18,21,28H,9,14,19-20,22H2,1-4H3,(H,37,41)/t28-/m0/s1. The van der Waals surface area contributed by atoms with Gasteiger partial charge in [0.25, 0.3) is 0 Å². The quantitative estimate of drug-likeness (QED) is 0.244. The second-order valence-corrected chi connectivity index (χ2v) is 13.9. The van der Waals surface area contributed by atoms with Gasteiger partial charge in [-0.15, -0.1) is 0 Å². The third-order valence-corrected chi connectivity index (χ3v) is 8.10. The van der Waals surface area contributed by atoms with Crippen molar-refractivity contribution in [1.82, 2.24) is 10.2 Å². The maximum atomic E-state index is 13.9. The zero-order valence-corrected chi connectivity index (χ0v) is 26.6. The fraction of sp³-hybridized carbons (Fsp3) is 0.375. The molecule has 0 aromatic heterocycles. The first kappa shape index (κ1) is 34.9. The summed E-state index contributed by atoms with van der Waals surface area (Å²) in [5.74, 6) is -0.771. The first-order chi connectivity index (χ1) is 20.4. The topological polar surface area (TPSA) is 86.8 Å². The lowest BCUT2D eigenvalue weighted by Gasteiger charge is -2.34. The zero-order valence-electron chi connectivity index (χ0n) is 25.1. The SMILES string of the molecule is CC(C)(C)NC(=O)[C@H](Cc1ccccc1)N(Cc1ccc(Cl)cc1)C(=O)CCCN(c1cccc(C(F)(F)F)c1)S(C)(=O)=O. The number of benzene rings is 3. The molecule has 0 saturated heterocycles. The number of hydrogen-bond donors (Lipinski definition) is 1. The molecule has 7 nitrogen and oxygen atoms in total. The van der Waals surface area contributed by atoms with Gasteiger partial charge in [0.15, 0.2) is 0 Å². The first-order valence-corrected chi connectivity index (χ1v) is 16.2. The van der Waals surface area contributed by atoms with Gasteiger partial charge in [-0.2, -0.15) is 13.2 Å². The second-order valence-electron chi connectivity index (χ2n) is 11.6. The highest BCUT2D eigenvalue weighted by atomic mass is 35.5. The summed E-state index contributed by atoms with van der Waals surface area (Å²) in [4.78, 5) is 29.0. The predicted octanol–water partition coefficient (Wildman–Crippen LogP) is 6.46. The lowest BCUT2D eigenvalue weighted by Crippen LogP contribution is -2.54. The molecule has 0 aliphatic carbocycles. The molecule has 0 aliphatic heterocycles. The van der Waals surface area contributed by atoms with Crippen LogP contribution in [0.1, 0.15) is 50.3 Å². The van der Waals surface area contributed by atoms with E-state index in [1.807, 2.05) is 51.1 Å². The molecule has 0 aliphatic rings. The van der Waals surface area contributed by atoms with Crippen molar-refractivity contribution in [1.29, 1.82) is 0 Å². The van der Waals surface area contributed by atoms with E-state index in [9.17, 15) is 31.2 Å². The first-order valence-electron chi connectivity index (χ1n) is 14.0. The van der Waals surface area contributed by atoms with Crippen LogP contribution in [0.15, 0.2) is 78.9 Å². The largest absolute Gasteiger partial charge is 0.416 e. The number of amides is 2. The molecule has 1 N–H and O–H groups in total. The van der Waals surface area contributed by atoms with Crippen molar-refractivity contribution in [3.8, 4) is 0 Å². The summed E-state index contributed by atoms with van der Waals surface area (Å²) in [5, 5.41) is 3.48. The van der Waals surface area contributed by atoms with Crippen molar-refractivity contribution >= 4 is 39.1 Å². The number of hydrogen-bond acceptors (Lipinski definition) is 4. The van der Waals surface area contributed by atoms with Crippen LogP contribution in [-0.4, -0.2) is 49.5 Å². The Morgan fingerprint density at radius 3 is 2.11 bits per heavy atom. The van der Waals surface area contributed by atoms with E-state index in [4.69, 9.17) is 11.6 Å². The number of halogens is 4. The summed E-state index contributed by atoms with van der Waals surface area (Å²) in [7, 11) is -3.98. The van der Waals surface area contributed by atoms with Gasteiger partial charge < -0.3 is 10.2 Å². The van der Waals surface area contributed by atoms with Gasteiger partial charge in [0.05, 0.1) is 17.5 Å². The maximum Gasteiger partial charge on any atom is 0.416 e. The molecule has 3 aromatic carbocycles. The number of carbonyl (C=O) groups excluding carboxylic acids is 2. The Kier molecular flexibility index (Phi) is 11.5. The second kappa shape index (κ2) is 14.5. The van der Waals surface area contributed by atoms with E-state index in [-0.39, 0.29) is 43.9 Å². The average Bonchev–Trinajstić information content (AvgIpc) is 2.92. The number of carbonyl (C=O) groups is 2. The van der Waals surface area contributed by atoms with E-state index in [1.54, 1.807) is 24.3 Å². The molecule has 0 saturated carbocycles. The van der Waals surface area contributed by atoms with Crippen molar-refractivity contribution < 1.29 is 31.2 Å². The summed E-state index contributed by atoms with van der Waals surface area (Å²) in [6, 6.07) is 19.3. The number of alkyl halides is 3. The normalized spacial score (nSPS) is 12.8. The van der Waals surface area contributed by atoms with Crippen molar-refractivity contribution in [3.63, 3.8) is 0 Å². The van der Waals surface area contributed by atoms with E-state index in [0.717, 1.165) is 39.9 Å². The highest BCUT2D eigenvalue weighted by Crippen LogP contribution is 2.32. The Bertz CT molecular complexity index is 1530. The van der Waals surface area contributed by atoms with Crippen LogP contribution in [0, 0.1) is 0 Å². The summed E-state index contributed by atoms with van der Waals surface area (Å²) < 4.78 is 66.0. The minimum atomic E-state index is -4.65. The summed E-state index contributed by atoms with van der Waals surface area (Å²) >= 11 is 6.06. The van der Waals surface area contributed by atoms with Gasteiger partial charge in [0.1, 0.15) is 6.04 Å². The van der Waals surface area contributed by atoms with E-state index < -0.39 is 39.3 Å². The van der Waals surface area contributed by atoms with Crippen LogP contribution in [0.25, 0.3) is 0 Å². The highest BCUT2D eigenvalue weighted by Gasteiger charge is 2.33. The molecule has 0 bridgehead atoms. The smallest absolute Gasteiger partial charge is 0.350 e. The molecule has 44 heavy (non-hydrogen) atoms. The Hall–Kier alpha value is -3.57. The molecule has 0 spiro atoms. The molecule has 0 unspecified atom stereocenters. The summed E-state index contributed by atoms with van der Waals surface area (Å²) in [6.07, 6.45) is -3.69. The van der Waals surface area contributed by atoms with Gasteiger partial charge in [0, 0.05) is 36.5 Å². The van der Waals surface area contributed by atoms with Crippen LogP contribution in [-0.2, 0) is 38.8 Å². The van der Waals surface area contributed by atoms with Crippen LogP contribution in [0.3, 0.4) is 0 Å². The van der Waals surface area contributed by atoms with Crippen molar-refractivity contribution in [2.75, 3.05) is 17.1 Å². The Morgan fingerprint density at radius 1 is 0.909 bits per heavy atom. The molecule has 0 fully saturated rings. The third kappa shape index (κ3) is 10.6. The lowest BCUT2D eigenvalue weighted by atomic mass is 10.00. The number of nitrogens with one attached hydrogen (secondary N) is 1. The number of rotatable bonds is 12. The van der Waals surface area contributed by atoms with Crippen molar-refractivity contribution in [3.05, 3.63) is 101 Å². The van der Waals surface area contributed by atoms with Gasteiger partial charge in [-0.1, -0.05) is 60.1 Å². The molecule has 1 atom stereocenters. The molecule has 0 radical (unpaired) electrons. The van der Waals surface area contributed by atoms with Gasteiger partial charge in [0.2, 0.25) is 21.8 Å². The molecular weight excluding hydrogens is 615 g/mol. The van der Waals surface area contributed by atoms with Crippen LogP contribution in [0.5, 0.6) is 0 Å². The van der Waals surface area contributed by atoms with Crippen LogP contribution in [0.4, 0.5) is 18.9 Å². The Labute approximate surface area is 262 Å². The molecule has 3 rings (SSSR count). The van der Waals surface area contributed by atoms with Crippen LogP contribution >= 0.6 is 11.6 Å². The van der Waals surface area contributed by atoms with Gasteiger partial charge in [-0.25, -0.2) is 8.42 Å². The monoisotopic (exact) mass is 651 g/mol. The van der Waals surface area contributed by atoms with E-state index >= 15 is 0 Å². The fourth-order valence-electron chi connectivity index (χ4n) is 4.63. The van der Waals surface area contributed by atoms with Gasteiger partial charge in [-0.05, 0) is 68.7 Å². The zero-order chi connectivity index (χ0) is 32.7. The fourth-order valence-corrected chi connectivity index (χ4v) is 5.72. The van der Waals surface area contributed by atoms with E-state index in [2.05, 4.69) is 5.32 Å². The van der Waals surface area contributed by atoms with Crippen molar-refractivity contribution in [2.45, 2.75) is 64.3 Å². The number of nitrogens with zero attached hydrogens (tertiary/aromatic N) is 2. The molecular formula is C32H37ClF3N3O4S. The maximum absolute atomic E-state index is 13.9. The Balaban J connectivity index is 1.91.